The van der Waals surface area contributed by atoms with Gasteiger partial charge in [0.2, 0.25) is 7.15 Å². The molecule has 4 nitrogen and oxygen atoms in total. The zero-order valence-corrected chi connectivity index (χ0v) is 6.52. The molecule has 1 atom stereocenters. The normalized spacial score (nSPS) is 12.8. The predicted octanol–water partition coefficient (Wildman–Crippen LogP) is 0.531. The highest BCUT2D eigenvalue weighted by atomic mass is 32.7. The molecule has 48 valence electrons. The third-order valence-corrected chi connectivity index (χ3v) is 2.79. The third kappa shape index (κ3) is 2.49. The summed E-state index contributed by atoms with van der Waals surface area (Å²) >= 11 is 6.86. The number of hydrogen-bond acceptors (Lipinski definition) is 3. The first-order valence-corrected chi connectivity index (χ1v) is 4.61. The van der Waals surface area contributed by atoms with Crippen LogP contribution in [0.1, 0.15) is 0 Å². The topological polar surface area (TPSA) is 63.4 Å². The van der Waals surface area contributed by atoms with Gasteiger partial charge >= 0.3 is 6.03 Å². The average Bonchev–Trinajstić information content (AvgIpc) is 1.64. The van der Waals surface area contributed by atoms with Crippen molar-refractivity contribution in [3.8, 4) is 0 Å². The van der Waals surface area contributed by atoms with Gasteiger partial charge in [0.15, 0.2) is 0 Å². The second-order valence-corrected chi connectivity index (χ2v) is 3.87. The Morgan fingerprint density at radius 3 is 2.12 bits per heavy atom. The smallest absolute Gasteiger partial charge is 0.330 e. The molecule has 0 aliphatic heterocycles. The van der Waals surface area contributed by atoms with Gasteiger partial charge in [0.05, 0.1) is 0 Å². The van der Waals surface area contributed by atoms with Crippen LogP contribution >= 0.6 is 32.2 Å². The molecule has 0 bridgehead atoms. The molecular weight excluding hydrogens is 167 g/mol. The minimum atomic E-state index is -2.34. The van der Waals surface area contributed by atoms with E-state index in [1.807, 2.05) is 0 Å². The van der Waals surface area contributed by atoms with Crippen molar-refractivity contribution in [3.63, 3.8) is 0 Å². The Morgan fingerprint density at radius 2 is 2.12 bits per heavy atom. The standard InChI is InChI=1S/CH5N2O2PS2/c2-1(4)3(7)6(5)8/h6-7H,(H2,2,4)(H,5,8). The molecule has 0 aliphatic rings. The first-order valence-electron chi connectivity index (χ1n) is 1.57. The Bertz CT molecular complexity index is 113. The Morgan fingerprint density at radius 1 is 1.75 bits per heavy atom. The second-order valence-electron chi connectivity index (χ2n) is 0.933. The van der Waals surface area contributed by atoms with Crippen molar-refractivity contribution < 1.29 is 9.36 Å². The van der Waals surface area contributed by atoms with Crippen LogP contribution in [-0.4, -0.2) is 10.1 Å². The fourth-order valence-electron chi connectivity index (χ4n) is 0.0943. The van der Waals surface area contributed by atoms with Gasteiger partial charge in [0.25, 0.3) is 0 Å². The molecule has 0 radical (unpaired) electrons. The lowest BCUT2D eigenvalue weighted by Crippen LogP contribution is -2.20. The van der Waals surface area contributed by atoms with Crippen molar-refractivity contribution in [2.75, 3.05) is 0 Å². The number of thiol groups is 2. The number of nitrogens with two attached hydrogens (primary N) is 1. The number of carbonyl (C=O) groups is 1. The molecule has 1 unspecified atom stereocenters. The summed E-state index contributed by atoms with van der Waals surface area (Å²) in [6.07, 6.45) is 0. The number of primary amides is 1. The minimum absolute atomic E-state index is 0.577. The number of nitrogens with zero attached hydrogens (tertiary/aromatic N) is 1. The average molecular weight is 172 g/mol. The summed E-state index contributed by atoms with van der Waals surface area (Å²) in [6.45, 7) is 0. The van der Waals surface area contributed by atoms with E-state index in [4.69, 9.17) is 0 Å². The van der Waals surface area contributed by atoms with Gasteiger partial charge < -0.3 is 5.73 Å². The molecule has 0 spiro atoms. The maximum absolute atomic E-state index is 10.2. The van der Waals surface area contributed by atoms with Gasteiger partial charge in [-0.2, -0.15) is 0 Å². The van der Waals surface area contributed by atoms with Gasteiger partial charge in [-0.3, -0.25) is 4.57 Å². The van der Waals surface area contributed by atoms with Crippen LogP contribution in [0.15, 0.2) is 0 Å². The summed E-state index contributed by atoms with van der Waals surface area (Å²) < 4.78 is 10.8. The quantitative estimate of drug-likeness (QED) is 0.399. The van der Waals surface area contributed by atoms with E-state index in [0.29, 0.717) is 4.08 Å². The molecule has 2 amide bonds. The van der Waals surface area contributed by atoms with E-state index >= 15 is 0 Å². The molecule has 0 aromatic rings. The molecule has 0 saturated carbocycles. The van der Waals surface area contributed by atoms with Gasteiger partial charge in [0.1, 0.15) is 0 Å². The zero-order chi connectivity index (χ0) is 6.73. The van der Waals surface area contributed by atoms with Crippen LogP contribution in [0, 0.1) is 0 Å². The minimum Gasteiger partial charge on any atom is -0.350 e. The lowest BCUT2D eigenvalue weighted by molar-refractivity contribution is 0.246. The summed E-state index contributed by atoms with van der Waals surface area (Å²) in [5.74, 6) is 0. The molecular formula is CH5N2O2PS2. The highest BCUT2D eigenvalue weighted by molar-refractivity contribution is 8.41. The largest absolute Gasteiger partial charge is 0.350 e. The summed E-state index contributed by atoms with van der Waals surface area (Å²) in [4.78, 5) is 9.99. The van der Waals surface area contributed by atoms with Crippen LogP contribution in [0.3, 0.4) is 0 Å². The van der Waals surface area contributed by atoms with Crippen LogP contribution < -0.4 is 5.73 Å². The van der Waals surface area contributed by atoms with Crippen molar-refractivity contribution in [1.82, 2.24) is 4.08 Å². The van der Waals surface area contributed by atoms with E-state index in [1.54, 1.807) is 0 Å². The Labute approximate surface area is 58.0 Å². The number of rotatable bonds is 1. The van der Waals surface area contributed by atoms with Crippen LogP contribution in [0.5, 0.6) is 0 Å². The van der Waals surface area contributed by atoms with Crippen LogP contribution in [0.25, 0.3) is 0 Å². The molecule has 8 heavy (non-hydrogen) atoms. The fourth-order valence-corrected chi connectivity index (χ4v) is 0.578. The highest BCUT2D eigenvalue weighted by Crippen LogP contribution is 2.32. The van der Waals surface area contributed by atoms with Crippen molar-refractivity contribution in [1.29, 1.82) is 0 Å². The number of urea groups is 1. The third-order valence-electron chi connectivity index (χ3n) is 0.390. The molecule has 0 aromatic heterocycles. The van der Waals surface area contributed by atoms with Crippen molar-refractivity contribution in [2.45, 2.75) is 0 Å². The first kappa shape index (κ1) is 8.20. The Hall–Kier alpha value is 0.200. The highest BCUT2D eigenvalue weighted by Gasteiger charge is 2.06. The van der Waals surface area contributed by atoms with E-state index < -0.39 is 13.2 Å². The van der Waals surface area contributed by atoms with E-state index in [0.717, 1.165) is 0 Å². The number of amides is 2. The summed E-state index contributed by atoms with van der Waals surface area (Å²) in [5, 5.41) is 0. The Balaban J connectivity index is 3.83. The van der Waals surface area contributed by atoms with Gasteiger partial charge in [-0.1, -0.05) is 25.1 Å². The lowest BCUT2D eigenvalue weighted by Gasteiger charge is -2.05. The van der Waals surface area contributed by atoms with Crippen molar-refractivity contribution in [3.05, 3.63) is 0 Å². The molecule has 0 fully saturated rings. The monoisotopic (exact) mass is 172 g/mol. The van der Waals surface area contributed by atoms with Crippen LogP contribution in [-0.2, 0) is 4.57 Å². The van der Waals surface area contributed by atoms with Crippen molar-refractivity contribution in [2.24, 2.45) is 5.73 Å². The summed E-state index contributed by atoms with van der Waals surface area (Å²) in [5.41, 5.74) is 4.62. The number of hydrogen-bond donors (Lipinski definition) is 3. The Kier molecular flexibility index (Phi) is 3.35. The lowest BCUT2D eigenvalue weighted by atomic mass is 11.2. The first-order chi connectivity index (χ1) is 3.55. The molecule has 0 rings (SSSR count). The molecule has 0 aliphatic carbocycles. The van der Waals surface area contributed by atoms with Gasteiger partial charge in [0, 0.05) is 0 Å². The maximum atomic E-state index is 10.2. The number of carbonyl (C=O) groups excluding carboxylic acids is 1. The fraction of sp³-hybridized carbons (Fsp3) is 0. The SMILES string of the molecule is NC(=O)N(S)[PH](=O)S. The van der Waals surface area contributed by atoms with Crippen molar-refractivity contribution >= 4 is 38.2 Å². The molecule has 0 heterocycles. The van der Waals surface area contributed by atoms with Gasteiger partial charge in [-0.05, 0) is 0 Å². The second kappa shape index (κ2) is 3.27. The van der Waals surface area contributed by atoms with Crippen LogP contribution in [0.4, 0.5) is 4.79 Å². The van der Waals surface area contributed by atoms with E-state index in [1.165, 1.54) is 0 Å². The molecule has 0 saturated heterocycles. The maximum Gasteiger partial charge on any atom is 0.330 e. The predicted molar refractivity (Wildman–Crippen MR) is 38.4 cm³/mol. The van der Waals surface area contributed by atoms with Gasteiger partial charge in [-0.15, -0.1) is 0 Å². The molecule has 7 heteroatoms. The van der Waals surface area contributed by atoms with Crippen LogP contribution in [0.2, 0.25) is 0 Å². The van der Waals surface area contributed by atoms with E-state index in [-0.39, 0.29) is 0 Å². The van der Waals surface area contributed by atoms with E-state index in [2.05, 4.69) is 30.8 Å². The summed E-state index contributed by atoms with van der Waals surface area (Å²) in [7, 11) is -2.34. The van der Waals surface area contributed by atoms with Gasteiger partial charge in [-0.25, -0.2) is 8.87 Å². The zero-order valence-electron chi connectivity index (χ0n) is 3.74. The molecule has 0 aromatic carbocycles. The molecule has 2 N–H and O–H groups in total. The van der Waals surface area contributed by atoms with E-state index in [9.17, 15) is 9.36 Å². The summed E-state index contributed by atoms with van der Waals surface area (Å²) in [6, 6.07) is -0.854.